The molecule has 94 valence electrons. The molecule has 1 aromatic carbocycles. The van der Waals surface area contributed by atoms with Crippen LogP contribution < -0.4 is 5.32 Å². The molecular weight excluding hydrogens is 257 g/mol. The third-order valence-corrected chi connectivity index (χ3v) is 3.03. The molecule has 0 aliphatic heterocycles. The fraction of sp³-hybridized carbons (Fsp3) is 0.462. The number of nitrogens with one attached hydrogen (secondary N) is 1. The highest BCUT2D eigenvalue weighted by Gasteiger charge is 2.07. The second kappa shape index (κ2) is 7.57. The summed E-state index contributed by atoms with van der Waals surface area (Å²) in [6.07, 6.45) is 3.01. The highest BCUT2D eigenvalue weighted by Crippen LogP contribution is 2.15. The minimum atomic E-state index is -0.0370. The van der Waals surface area contributed by atoms with Crippen LogP contribution >= 0.6 is 23.2 Å². The van der Waals surface area contributed by atoms with E-state index in [4.69, 9.17) is 23.2 Å². The first-order valence-corrected chi connectivity index (χ1v) is 6.66. The van der Waals surface area contributed by atoms with Gasteiger partial charge in [-0.3, -0.25) is 4.79 Å². The molecule has 0 saturated heterocycles. The van der Waals surface area contributed by atoms with E-state index in [2.05, 4.69) is 5.32 Å². The number of unbranched alkanes of at least 4 members (excludes halogenated alkanes) is 2. The summed E-state index contributed by atoms with van der Waals surface area (Å²) in [5.74, 6) is 0.648. The van der Waals surface area contributed by atoms with Gasteiger partial charge in [0.2, 0.25) is 0 Å². The number of halogens is 2. The topological polar surface area (TPSA) is 29.1 Å². The molecular formula is C13H17Cl2NO. The van der Waals surface area contributed by atoms with Crippen LogP contribution in [0.1, 0.15) is 35.2 Å². The average molecular weight is 274 g/mol. The number of amides is 1. The molecule has 0 aliphatic carbocycles. The van der Waals surface area contributed by atoms with Crippen molar-refractivity contribution < 1.29 is 4.79 Å². The lowest BCUT2D eigenvalue weighted by Gasteiger charge is -2.07. The average Bonchev–Trinajstić information content (AvgIpc) is 2.28. The fourth-order valence-electron chi connectivity index (χ4n) is 1.58. The van der Waals surface area contributed by atoms with E-state index in [1.807, 2.05) is 6.92 Å². The predicted octanol–water partition coefficient (Wildman–Crippen LogP) is 3.79. The lowest BCUT2D eigenvalue weighted by molar-refractivity contribution is 0.0952. The van der Waals surface area contributed by atoms with Crippen LogP contribution in [0.2, 0.25) is 5.02 Å². The van der Waals surface area contributed by atoms with Crippen LogP contribution in [0.15, 0.2) is 18.2 Å². The third kappa shape index (κ3) is 4.97. The van der Waals surface area contributed by atoms with Gasteiger partial charge in [0.1, 0.15) is 0 Å². The van der Waals surface area contributed by atoms with Gasteiger partial charge < -0.3 is 5.32 Å². The molecule has 0 spiro atoms. The molecule has 17 heavy (non-hydrogen) atoms. The Kier molecular flexibility index (Phi) is 6.38. The molecule has 0 unspecified atom stereocenters. The molecule has 0 aliphatic rings. The Labute approximate surface area is 112 Å². The van der Waals surface area contributed by atoms with E-state index in [0.29, 0.717) is 23.0 Å². The van der Waals surface area contributed by atoms with Crippen LogP contribution in [-0.4, -0.2) is 18.3 Å². The van der Waals surface area contributed by atoms with E-state index in [0.717, 1.165) is 24.8 Å². The van der Waals surface area contributed by atoms with Crippen LogP contribution in [0, 0.1) is 6.92 Å². The van der Waals surface area contributed by atoms with E-state index in [1.165, 1.54) is 0 Å². The zero-order chi connectivity index (χ0) is 12.7. The van der Waals surface area contributed by atoms with Crippen LogP contribution in [-0.2, 0) is 0 Å². The first kappa shape index (κ1) is 14.3. The monoisotopic (exact) mass is 273 g/mol. The second-order valence-corrected chi connectivity index (χ2v) is 4.78. The number of carbonyl (C=O) groups is 1. The first-order valence-electron chi connectivity index (χ1n) is 5.75. The zero-order valence-electron chi connectivity index (χ0n) is 9.93. The summed E-state index contributed by atoms with van der Waals surface area (Å²) in [5.41, 5.74) is 1.59. The highest BCUT2D eigenvalue weighted by atomic mass is 35.5. The van der Waals surface area contributed by atoms with Gasteiger partial charge in [-0.2, -0.15) is 0 Å². The molecule has 0 radical (unpaired) electrons. The minimum Gasteiger partial charge on any atom is -0.352 e. The van der Waals surface area contributed by atoms with Crippen molar-refractivity contribution in [2.45, 2.75) is 26.2 Å². The first-order chi connectivity index (χ1) is 8.15. The predicted molar refractivity (Wildman–Crippen MR) is 73.1 cm³/mol. The number of aryl methyl sites for hydroxylation is 1. The number of benzene rings is 1. The lowest BCUT2D eigenvalue weighted by Crippen LogP contribution is -2.25. The molecule has 0 atom stereocenters. The van der Waals surface area contributed by atoms with E-state index in [1.54, 1.807) is 18.2 Å². The third-order valence-electron chi connectivity index (χ3n) is 2.53. The van der Waals surface area contributed by atoms with Crippen molar-refractivity contribution in [1.82, 2.24) is 5.32 Å². The standard InChI is InChI=1S/C13H17Cl2NO/c1-10-9-11(15)5-6-12(10)13(17)16-8-4-2-3-7-14/h5-6,9H,2-4,7-8H2,1H3,(H,16,17). The largest absolute Gasteiger partial charge is 0.352 e. The van der Waals surface area contributed by atoms with Gasteiger partial charge in [-0.25, -0.2) is 0 Å². The summed E-state index contributed by atoms with van der Waals surface area (Å²) in [6.45, 7) is 2.58. The lowest BCUT2D eigenvalue weighted by atomic mass is 10.1. The number of hydrogen-bond acceptors (Lipinski definition) is 1. The van der Waals surface area contributed by atoms with Gasteiger partial charge in [0.15, 0.2) is 0 Å². The highest BCUT2D eigenvalue weighted by molar-refractivity contribution is 6.30. The minimum absolute atomic E-state index is 0.0370. The quantitative estimate of drug-likeness (QED) is 0.620. The molecule has 1 rings (SSSR count). The summed E-state index contributed by atoms with van der Waals surface area (Å²) in [7, 11) is 0. The molecule has 1 aromatic rings. The molecule has 0 bridgehead atoms. The second-order valence-electron chi connectivity index (χ2n) is 3.96. The Morgan fingerprint density at radius 3 is 2.71 bits per heavy atom. The van der Waals surface area contributed by atoms with Crippen LogP contribution in [0.25, 0.3) is 0 Å². The summed E-state index contributed by atoms with van der Waals surface area (Å²) in [5, 5.41) is 3.55. The van der Waals surface area contributed by atoms with Crippen molar-refractivity contribution >= 4 is 29.1 Å². The SMILES string of the molecule is Cc1cc(Cl)ccc1C(=O)NCCCCCCl. The van der Waals surface area contributed by atoms with Gasteiger partial charge in [-0.1, -0.05) is 18.0 Å². The Morgan fingerprint density at radius 1 is 1.29 bits per heavy atom. The van der Waals surface area contributed by atoms with Gasteiger partial charge in [0.05, 0.1) is 0 Å². The van der Waals surface area contributed by atoms with E-state index < -0.39 is 0 Å². The van der Waals surface area contributed by atoms with Crippen LogP contribution in [0.3, 0.4) is 0 Å². The number of hydrogen-bond donors (Lipinski definition) is 1. The summed E-state index contributed by atoms with van der Waals surface area (Å²) >= 11 is 11.4. The Hall–Kier alpha value is -0.730. The van der Waals surface area contributed by atoms with Crippen molar-refractivity contribution in [2.24, 2.45) is 0 Å². The maximum Gasteiger partial charge on any atom is 0.251 e. The number of alkyl halides is 1. The van der Waals surface area contributed by atoms with Crippen LogP contribution in [0.5, 0.6) is 0 Å². The smallest absolute Gasteiger partial charge is 0.251 e. The van der Waals surface area contributed by atoms with E-state index in [9.17, 15) is 4.79 Å². The van der Waals surface area contributed by atoms with E-state index >= 15 is 0 Å². The molecule has 4 heteroatoms. The fourth-order valence-corrected chi connectivity index (χ4v) is 1.99. The molecule has 2 nitrogen and oxygen atoms in total. The normalized spacial score (nSPS) is 10.3. The molecule has 0 aromatic heterocycles. The van der Waals surface area contributed by atoms with Gasteiger partial charge >= 0.3 is 0 Å². The maximum absolute atomic E-state index is 11.8. The number of rotatable bonds is 6. The maximum atomic E-state index is 11.8. The van der Waals surface area contributed by atoms with Crippen molar-refractivity contribution in [3.8, 4) is 0 Å². The van der Waals surface area contributed by atoms with E-state index in [-0.39, 0.29) is 5.91 Å². The van der Waals surface area contributed by atoms with Gasteiger partial charge in [-0.05, 0) is 43.5 Å². The molecule has 0 heterocycles. The van der Waals surface area contributed by atoms with Crippen LogP contribution in [0.4, 0.5) is 0 Å². The van der Waals surface area contributed by atoms with Crippen molar-refractivity contribution in [2.75, 3.05) is 12.4 Å². The van der Waals surface area contributed by atoms with Crippen molar-refractivity contribution in [1.29, 1.82) is 0 Å². The Balaban J connectivity index is 2.42. The number of carbonyl (C=O) groups excluding carboxylic acids is 1. The summed E-state index contributed by atoms with van der Waals surface area (Å²) < 4.78 is 0. The van der Waals surface area contributed by atoms with Crippen molar-refractivity contribution in [3.05, 3.63) is 34.3 Å². The molecule has 0 fully saturated rings. The van der Waals surface area contributed by atoms with Crippen molar-refractivity contribution in [3.63, 3.8) is 0 Å². The van der Waals surface area contributed by atoms with Gasteiger partial charge in [0, 0.05) is 23.0 Å². The Bertz CT molecular complexity index is 380. The zero-order valence-corrected chi connectivity index (χ0v) is 11.4. The van der Waals surface area contributed by atoms with Gasteiger partial charge in [0.25, 0.3) is 5.91 Å². The van der Waals surface area contributed by atoms with Gasteiger partial charge in [-0.15, -0.1) is 11.6 Å². The summed E-state index contributed by atoms with van der Waals surface area (Å²) in [6, 6.07) is 5.28. The summed E-state index contributed by atoms with van der Waals surface area (Å²) in [4.78, 5) is 11.8. The molecule has 1 N–H and O–H groups in total. The molecule has 1 amide bonds. The Morgan fingerprint density at radius 2 is 2.06 bits per heavy atom. The molecule has 0 saturated carbocycles.